The molecule has 0 saturated carbocycles. The lowest BCUT2D eigenvalue weighted by molar-refractivity contribution is 1.40. The van der Waals surface area contributed by atoms with Crippen LogP contribution in [0.3, 0.4) is 0 Å². The first-order valence-electron chi connectivity index (χ1n) is 4.02. The van der Waals surface area contributed by atoms with Gasteiger partial charge in [-0.25, -0.2) is 0 Å². The van der Waals surface area contributed by atoms with Gasteiger partial charge in [0.1, 0.15) is 0 Å². The molecule has 2 rings (SSSR count). The average molecular weight is 333 g/mol. The van der Waals surface area contributed by atoms with E-state index in [0.717, 1.165) is 5.69 Å². The molecule has 0 atom stereocenters. The largest absolute Gasteiger partial charge is 0.399 e. The summed E-state index contributed by atoms with van der Waals surface area (Å²) in [5.74, 6) is 0. The standard InChI is InChI=1S/C10H8INS2/c11-8-6-7(12)3-4-9(8)14-10-2-1-5-13-10/h1-6H,12H2. The molecule has 1 aromatic heterocycles. The molecule has 0 fully saturated rings. The molecular formula is C10H8INS2. The van der Waals surface area contributed by atoms with E-state index in [1.807, 2.05) is 12.1 Å². The van der Waals surface area contributed by atoms with Gasteiger partial charge in [-0.2, -0.15) is 0 Å². The number of hydrogen-bond acceptors (Lipinski definition) is 3. The van der Waals surface area contributed by atoms with E-state index in [2.05, 4.69) is 46.2 Å². The van der Waals surface area contributed by atoms with Crippen LogP contribution in [0.15, 0.2) is 44.8 Å². The van der Waals surface area contributed by atoms with Crippen LogP contribution in [0.4, 0.5) is 5.69 Å². The smallest absolute Gasteiger partial charge is 0.0646 e. The number of nitrogen functional groups attached to an aromatic ring is 1. The summed E-state index contributed by atoms with van der Waals surface area (Å²) in [4.78, 5) is 1.27. The first kappa shape index (κ1) is 10.3. The summed E-state index contributed by atoms with van der Waals surface area (Å²) in [7, 11) is 0. The molecule has 0 aliphatic carbocycles. The first-order chi connectivity index (χ1) is 6.75. The molecule has 1 aromatic carbocycles. The molecular weight excluding hydrogens is 325 g/mol. The topological polar surface area (TPSA) is 26.0 Å². The lowest BCUT2D eigenvalue weighted by atomic mass is 10.3. The predicted octanol–water partition coefficient (Wildman–Crippen LogP) is 4.09. The van der Waals surface area contributed by atoms with Crippen molar-refractivity contribution in [1.29, 1.82) is 0 Å². The highest BCUT2D eigenvalue weighted by molar-refractivity contribution is 14.1. The second-order valence-electron chi connectivity index (χ2n) is 2.72. The molecule has 1 heterocycles. The fourth-order valence-electron chi connectivity index (χ4n) is 1.03. The van der Waals surface area contributed by atoms with Crippen LogP contribution in [0.1, 0.15) is 0 Å². The van der Waals surface area contributed by atoms with Gasteiger partial charge in [-0.1, -0.05) is 17.8 Å². The van der Waals surface area contributed by atoms with Crippen molar-refractivity contribution in [3.8, 4) is 0 Å². The number of benzene rings is 1. The lowest BCUT2D eigenvalue weighted by Gasteiger charge is -2.02. The third kappa shape index (κ3) is 2.43. The highest BCUT2D eigenvalue weighted by Crippen LogP contribution is 2.34. The van der Waals surface area contributed by atoms with E-state index >= 15 is 0 Å². The molecule has 0 radical (unpaired) electrons. The maximum absolute atomic E-state index is 5.69. The summed E-state index contributed by atoms with van der Waals surface area (Å²) in [6.07, 6.45) is 0. The van der Waals surface area contributed by atoms with Crippen LogP contribution < -0.4 is 5.73 Å². The zero-order valence-electron chi connectivity index (χ0n) is 7.24. The van der Waals surface area contributed by atoms with Gasteiger partial charge in [-0.3, -0.25) is 0 Å². The third-order valence-corrected chi connectivity index (χ3v) is 5.03. The van der Waals surface area contributed by atoms with E-state index in [-0.39, 0.29) is 0 Å². The van der Waals surface area contributed by atoms with E-state index in [9.17, 15) is 0 Å². The fraction of sp³-hybridized carbons (Fsp3) is 0. The molecule has 0 unspecified atom stereocenters. The Morgan fingerprint density at radius 2 is 2.14 bits per heavy atom. The maximum Gasteiger partial charge on any atom is 0.0646 e. The molecule has 0 aliphatic rings. The van der Waals surface area contributed by atoms with Crippen molar-refractivity contribution in [2.24, 2.45) is 0 Å². The quantitative estimate of drug-likeness (QED) is 0.662. The minimum Gasteiger partial charge on any atom is -0.399 e. The molecule has 1 nitrogen and oxygen atoms in total. The minimum atomic E-state index is 0.824. The van der Waals surface area contributed by atoms with Crippen LogP contribution in [0.5, 0.6) is 0 Å². The van der Waals surface area contributed by atoms with E-state index in [1.54, 1.807) is 23.1 Å². The van der Waals surface area contributed by atoms with Crippen LogP contribution in [0.25, 0.3) is 0 Å². The molecule has 4 heteroatoms. The second kappa shape index (κ2) is 4.55. The van der Waals surface area contributed by atoms with Crippen LogP contribution in [0.2, 0.25) is 0 Å². The molecule has 0 bridgehead atoms. The number of nitrogens with two attached hydrogens (primary N) is 1. The Labute approximate surface area is 105 Å². The molecule has 0 spiro atoms. The van der Waals surface area contributed by atoms with Gasteiger partial charge < -0.3 is 5.73 Å². The van der Waals surface area contributed by atoms with Gasteiger partial charge in [0.15, 0.2) is 0 Å². The lowest BCUT2D eigenvalue weighted by Crippen LogP contribution is -1.86. The van der Waals surface area contributed by atoms with Crippen LogP contribution in [-0.4, -0.2) is 0 Å². The zero-order valence-corrected chi connectivity index (χ0v) is 11.0. The van der Waals surface area contributed by atoms with E-state index in [1.165, 1.54) is 12.7 Å². The second-order valence-corrected chi connectivity index (χ2v) is 6.18. The molecule has 0 saturated heterocycles. The highest BCUT2D eigenvalue weighted by atomic mass is 127. The van der Waals surface area contributed by atoms with Gasteiger partial charge >= 0.3 is 0 Å². The van der Waals surface area contributed by atoms with Crippen molar-refractivity contribution in [3.05, 3.63) is 39.3 Å². The Morgan fingerprint density at radius 3 is 2.79 bits per heavy atom. The van der Waals surface area contributed by atoms with E-state index in [0.29, 0.717) is 0 Å². The summed E-state index contributed by atoms with van der Waals surface area (Å²) in [6.45, 7) is 0. The molecule has 2 N–H and O–H groups in total. The van der Waals surface area contributed by atoms with Gasteiger partial charge in [-0.15, -0.1) is 11.3 Å². The van der Waals surface area contributed by atoms with Crippen molar-refractivity contribution in [2.45, 2.75) is 9.10 Å². The normalized spacial score (nSPS) is 10.4. The van der Waals surface area contributed by atoms with Crippen molar-refractivity contribution in [3.63, 3.8) is 0 Å². The highest BCUT2D eigenvalue weighted by Gasteiger charge is 2.02. The number of halogens is 1. The molecule has 14 heavy (non-hydrogen) atoms. The van der Waals surface area contributed by atoms with Crippen molar-refractivity contribution in [1.82, 2.24) is 0 Å². The van der Waals surface area contributed by atoms with Crippen molar-refractivity contribution < 1.29 is 0 Å². The number of thiophene rings is 1. The third-order valence-electron chi connectivity index (χ3n) is 1.66. The van der Waals surface area contributed by atoms with Gasteiger partial charge in [0.25, 0.3) is 0 Å². The summed E-state index contributed by atoms with van der Waals surface area (Å²) < 4.78 is 2.52. The van der Waals surface area contributed by atoms with Crippen molar-refractivity contribution in [2.75, 3.05) is 5.73 Å². The summed E-state index contributed by atoms with van der Waals surface area (Å²) in [5.41, 5.74) is 6.51. The fourth-order valence-corrected chi connectivity index (χ4v) is 3.63. The van der Waals surface area contributed by atoms with Gasteiger partial charge in [0, 0.05) is 14.2 Å². The maximum atomic E-state index is 5.69. The Bertz CT molecular complexity index is 426. The van der Waals surface area contributed by atoms with Crippen LogP contribution in [-0.2, 0) is 0 Å². The number of rotatable bonds is 2. The molecule has 2 aromatic rings. The summed E-state index contributed by atoms with van der Waals surface area (Å²) in [6, 6.07) is 10.2. The predicted molar refractivity (Wildman–Crippen MR) is 72.0 cm³/mol. The number of anilines is 1. The molecule has 0 amide bonds. The number of hydrogen-bond donors (Lipinski definition) is 1. The van der Waals surface area contributed by atoms with Gasteiger partial charge in [0.2, 0.25) is 0 Å². The van der Waals surface area contributed by atoms with Crippen LogP contribution in [0, 0.1) is 3.57 Å². The monoisotopic (exact) mass is 333 g/mol. The van der Waals surface area contributed by atoms with Crippen LogP contribution >= 0.6 is 45.7 Å². The Kier molecular flexibility index (Phi) is 3.35. The Hall–Kier alpha value is -0.200. The summed E-state index contributed by atoms with van der Waals surface area (Å²) >= 11 is 5.86. The molecule has 0 aliphatic heterocycles. The minimum absolute atomic E-state index is 0.824. The van der Waals surface area contributed by atoms with E-state index in [4.69, 9.17) is 5.73 Å². The first-order valence-corrected chi connectivity index (χ1v) is 6.79. The van der Waals surface area contributed by atoms with Gasteiger partial charge in [-0.05, 0) is 52.2 Å². The van der Waals surface area contributed by atoms with Crippen molar-refractivity contribution >= 4 is 51.4 Å². The average Bonchev–Trinajstić information content (AvgIpc) is 2.62. The Morgan fingerprint density at radius 1 is 1.29 bits per heavy atom. The Balaban J connectivity index is 2.25. The molecule has 72 valence electrons. The summed E-state index contributed by atoms with van der Waals surface area (Å²) in [5, 5.41) is 2.09. The van der Waals surface area contributed by atoms with Gasteiger partial charge in [0.05, 0.1) is 4.21 Å². The zero-order chi connectivity index (χ0) is 9.97. The SMILES string of the molecule is Nc1ccc(Sc2cccs2)c(I)c1. The van der Waals surface area contributed by atoms with E-state index < -0.39 is 0 Å².